The SMILES string of the molecule is CCN(C(C)C)S(=O)(=O)c1cnn(CCO)c1. The van der Waals surface area contributed by atoms with Crippen LogP contribution in [0.1, 0.15) is 20.8 Å². The summed E-state index contributed by atoms with van der Waals surface area (Å²) < 4.78 is 27.3. The zero-order valence-electron chi connectivity index (χ0n) is 10.4. The third-order valence-electron chi connectivity index (χ3n) is 2.43. The van der Waals surface area contributed by atoms with Crippen molar-refractivity contribution in [3.8, 4) is 0 Å². The number of aliphatic hydroxyl groups excluding tert-OH is 1. The van der Waals surface area contributed by atoms with E-state index in [0.29, 0.717) is 13.1 Å². The molecule has 98 valence electrons. The van der Waals surface area contributed by atoms with Crippen molar-refractivity contribution in [1.82, 2.24) is 14.1 Å². The van der Waals surface area contributed by atoms with Crippen LogP contribution in [0.4, 0.5) is 0 Å². The summed E-state index contributed by atoms with van der Waals surface area (Å²) in [5.41, 5.74) is 0. The summed E-state index contributed by atoms with van der Waals surface area (Å²) in [6, 6.07) is -0.0915. The predicted molar refractivity (Wildman–Crippen MR) is 64.0 cm³/mol. The Balaban J connectivity index is 3.03. The molecule has 1 rings (SSSR count). The first-order valence-electron chi connectivity index (χ1n) is 5.58. The normalized spacial score (nSPS) is 12.6. The average molecular weight is 261 g/mol. The first-order valence-corrected chi connectivity index (χ1v) is 7.02. The highest BCUT2D eigenvalue weighted by Crippen LogP contribution is 2.16. The van der Waals surface area contributed by atoms with Gasteiger partial charge in [-0.1, -0.05) is 6.92 Å². The average Bonchev–Trinajstić information content (AvgIpc) is 2.67. The van der Waals surface area contributed by atoms with Gasteiger partial charge in [0.25, 0.3) is 0 Å². The van der Waals surface area contributed by atoms with E-state index in [-0.39, 0.29) is 17.5 Å². The van der Waals surface area contributed by atoms with Gasteiger partial charge in [-0.3, -0.25) is 4.68 Å². The molecule has 0 fully saturated rings. The fourth-order valence-electron chi connectivity index (χ4n) is 1.65. The van der Waals surface area contributed by atoms with Gasteiger partial charge in [-0.25, -0.2) is 8.42 Å². The summed E-state index contributed by atoms with van der Waals surface area (Å²) in [5, 5.41) is 12.7. The van der Waals surface area contributed by atoms with Crippen molar-refractivity contribution < 1.29 is 13.5 Å². The van der Waals surface area contributed by atoms with Gasteiger partial charge in [-0.05, 0) is 13.8 Å². The van der Waals surface area contributed by atoms with E-state index >= 15 is 0 Å². The molecule has 0 spiro atoms. The monoisotopic (exact) mass is 261 g/mol. The molecule has 0 unspecified atom stereocenters. The summed E-state index contributed by atoms with van der Waals surface area (Å²) >= 11 is 0. The molecule has 0 aliphatic rings. The quantitative estimate of drug-likeness (QED) is 0.799. The zero-order chi connectivity index (χ0) is 13.1. The van der Waals surface area contributed by atoms with Crippen molar-refractivity contribution in [1.29, 1.82) is 0 Å². The molecule has 0 amide bonds. The van der Waals surface area contributed by atoms with E-state index in [1.807, 2.05) is 13.8 Å². The third kappa shape index (κ3) is 3.05. The van der Waals surface area contributed by atoms with Crippen molar-refractivity contribution in [3.63, 3.8) is 0 Å². The minimum atomic E-state index is -3.48. The maximum absolute atomic E-state index is 12.2. The van der Waals surface area contributed by atoms with Gasteiger partial charge < -0.3 is 5.11 Å². The number of hydrogen-bond donors (Lipinski definition) is 1. The molecule has 0 aliphatic carbocycles. The lowest BCUT2D eigenvalue weighted by atomic mass is 10.4. The summed E-state index contributed by atoms with van der Waals surface area (Å²) in [7, 11) is -3.48. The number of hydrogen-bond acceptors (Lipinski definition) is 4. The topological polar surface area (TPSA) is 75.4 Å². The summed E-state index contributed by atoms with van der Waals surface area (Å²) in [6.07, 6.45) is 2.76. The fraction of sp³-hybridized carbons (Fsp3) is 0.700. The molecule has 17 heavy (non-hydrogen) atoms. The van der Waals surface area contributed by atoms with Crippen LogP contribution in [-0.2, 0) is 16.6 Å². The molecule has 0 bridgehead atoms. The Labute approximate surface area is 102 Å². The summed E-state index contributed by atoms with van der Waals surface area (Å²) in [4.78, 5) is 0.168. The molecule has 1 N–H and O–H groups in total. The Morgan fingerprint density at radius 3 is 2.65 bits per heavy atom. The highest BCUT2D eigenvalue weighted by molar-refractivity contribution is 7.89. The third-order valence-corrected chi connectivity index (χ3v) is 4.54. The summed E-state index contributed by atoms with van der Waals surface area (Å²) in [5.74, 6) is 0. The zero-order valence-corrected chi connectivity index (χ0v) is 11.2. The molecular weight excluding hydrogens is 242 g/mol. The van der Waals surface area contributed by atoms with E-state index in [2.05, 4.69) is 5.10 Å². The van der Waals surface area contributed by atoms with Crippen LogP contribution in [0.5, 0.6) is 0 Å². The van der Waals surface area contributed by atoms with Crippen LogP contribution < -0.4 is 0 Å². The van der Waals surface area contributed by atoms with E-state index in [1.165, 1.54) is 21.4 Å². The van der Waals surface area contributed by atoms with Crippen LogP contribution in [0.3, 0.4) is 0 Å². The lowest BCUT2D eigenvalue weighted by Gasteiger charge is -2.23. The molecule has 7 heteroatoms. The molecule has 1 aromatic heterocycles. The molecule has 0 saturated heterocycles. The van der Waals surface area contributed by atoms with E-state index in [4.69, 9.17) is 5.11 Å². The van der Waals surface area contributed by atoms with Crippen LogP contribution in [-0.4, -0.2) is 46.8 Å². The van der Waals surface area contributed by atoms with Crippen LogP contribution in [0, 0.1) is 0 Å². The fourth-order valence-corrected chi connectivity index (χ4v) is 3.25. The second-order valence-electron chi connectivity index (χ2n) is 3.96. The van der Waals surface area contributed by atoms with Crippen molar-refractivity contribution in [2.75, 3.05) is 13.2 Å². The number of rotatable bonds is 6. The Morgan fingerprint density at radius 2 is 2.18 bits per heavy atom. The number of nitrogens with zero attached hydrogens (tertiary/aromatic N) is 3. The van der Waals surface area contributed by atoms with E-state index in [9.17, 15) is 8.42 Å². The molecule has 0 aromatic carbocycles. The molecule has 0 aliphatic heterocycles. The van der Waals surface area contributed by atoms with E-state index in [1.54, 1.807) is 6.92 Å². The highest BCUT2D eigenvalue weighted by atomic mass is 32.2. The maximum Gasteiger partial charge on any atom is 0.246 e. The first-order chi connectivity index (χ1) is 7.93. The Hall–Kier alpha value is -0.920. The van der Waals surface area contributed by atoms with Crippen LogP contribution >= 0.6 is 0 Å². The molecule has 0 atom stereocenters. The Morgan fingerprint density at radius 1 is 1.53 bits per heavy atom. The Bertz CT molecular complexity index is 453. The van der Waals surface area contributed by atoms with E-state index < -0.39 is 10.0 Å². The predicted octanol–water partition coefficient (Wildman–Crippen LogP) is 0.294. The van der Waals surface area contributed by atoms with Gasteiger partial charge in [0.1, 0.15) is 4.90 Å². The second-order valence-corrected chi connectivity index (χ2v) is 5.86. The van der Waals surface area contributed by atoms with Crippen LogP contribution in [0.25, 0.3) is 0 Å². The number of aromatic nitrogens is 2. The highest BCUT2D eigenvalue weighted by Gasteiger charge is 2.26. The molecule has 1 heterocycles. The van der Waals surface area contributed by atoms with Crippen molar-refractivity contribution in [2.45, 2.75) is 38.3 Å². The first kappa shape index (κ1) is 14.1. The van der Waals surface area contributed by atoms with Crippen molar-refractivity contribution in [3.05, 3.63) is 12.4 Å². The molecular formula is C10H19N3O3S. The van der Waals surface area contributed by atoms with Crippen molar-refractivity contribution in [2.24, 2.45) is 0 Å². The molecule has 1 aromatic rings. The minimum absolute atomic E-state index is 0.0666. The lowest BCUT2D eigenvalue weighted by molar-refractivity contribution is 0.269. The van der Waals surface area contributed by atoms with Gasteiger partial charge >= 0.3 is 0 Å². The van der Waals surface area contributed by atoms with Crippen LogP contribution in [0.15, 0.2) is 17.3 Å². The molecule has 0 radical (unpaired) electrons. The van der Waals surface area contributed by atoms with Gasteiger partial charge in [0, 0.05) is 18.8 Å². The lowest BCUT2D eigenvalue weighted by Crippen LogP contribution is -2.36. The Kier molecular flexibility index (Phi) is 4.67. The van der Waals surface area contributed by atoms with E-state index in [0.717, 1.165) is 0 Å². The van der Waals surface area contributed by atoms with Crippen molar-refractivity contribution >= 4 is 10.0 Å². The van der Waals surface area contributed by atoms with Crippen LogP contribution in [0.2, 0.25) is 0 Å². The van der Waals surface area contributed by atoms with Gasteiger partial charge in [0.05, 0.1) is 19.3 Å². The molecule has 0 saturated carbocycles. The molecule has 6 nitrogen and oxygen atoms in total. The number of aliphatic hydroxyl groups is 1. The van der Waals surface area contributed by atoms with Gasteiger partial charge in [0.15, 0.2) is 0 Å². The smallest absolute Gasteiger partial charge is 0.246 e. The standard InChI is InChI=1S/C10H19N3O3S/c1-4-13(9(2)3)17(15,16)10-7-11-12(8-10)5-6-14/h7-9,14H,4-6H2,1-3H3. The summed E-state index contributed by atoms with van der Waals surface area (Å²) in [6.45, 7) is 6.12. The minimum Gasteiger partial charge on any atom is -0.394 e. The largest absolute Gasteiger partial charge is 0.394 e. The van der Waals surface area contributed by atoms with Gasteiger partial charge in [-0.15, -0.1) is 0 Å². The van der Waals surface area contributed by atoms with Gasteiger partial charge in [0.2, 0.25) is 10.0 Å². The second kappa shape index (κ2) is 5.61. The van der Waals surface area contributed by atoms with Gasteiger partial charge in [-0.2, -0.15) is 9.40 Å². The maximum atomic E-state index is 12.2. The number of sulfonamides is 1.